The SMILES string of the molecule is COc1ccc(C2/C(=C(/O)c3cccc4ccccc34)C(=O)C(=O)N2Cc2cccs2)cc1. The lowest BCUT2D eigenvalue weighted by Crippen LogP contribution is -2.28. The minimum Gasteiger partial charge on any atom is -0.507 e. The van der Waals surface area contributed by atoms with E-state index in [2.05, 4.69) is 0 Å². The number of amides is 1. The van der Waals surface area contributed by atoms with Gasteiger partial charge in [0.15, 0.2) is 0 Å². The molecule has 5 rings (SSSR count). The number of rotatable bonds is 5. The number of methoxy groups -OCH3 is 1. The van der Waals surface area contributed by atoms with Gasteiger partial charge in [-0.15, -0.1) is 11.3 Å². The van der Waals surface area contributed by atoms with E-state index in [9.17, 15) is 14.7 Å². The van der Waals surface area contributed by atoms with Gasteiger partial charge in [-0.2, -0.15) is 0 Å². The van der Waals surface area contributed by atoms with Crippen molar-refractivity contribution in [3.8, 4) is 5.75 Å². The molecule has 1 unspecified atom stereocenters. The summed E-state index contributed by atoms with van der Waals surface area (Å²) in [6, 6.07) is 23.6. The zero-order chi connectivity index (χ0) is 22.9. The van der Waals surface area contributed by atoms with E-state index >= 15 is 0 Å². The molecular weight excluding hydrogens is 434 g/mol. The number of carbonyl (C=O) groups is 2. The Kier molecular flexibility index (Phi) is 5.44. The summed E-state index contributed by atoms with van der Waals surface area (Å²) in [6.45, 7) is 0.283. The van der Waals surface area contributed by atoms with Crippen molar-refractivity contribution >= 4 is 39.6 Å². The number of aliphatic hydroxyl groups is 1. The molecule has 6 heteroatoms. The van der Waals surface area contributed by atoms with Gasteiger partial charge in [-0.1, -0.05) is 60.7 Å². The average Bonchev–Trinajstić information content (AvgIpc) is 3.46. The lowest BCUT2D eigenvalue weighted by atomic mass is 9.93. The molecule has 0 spiro atoms. The molecule has 1 aliphatic rings. The highest BCUT2D eigenvalue weighted by molar-refractivity contribution is 7.09. The molecule has 1 atom stereocenters. The fraction of sp³-hybridized carbons (Fsp3) is 0.111. The molecule has 1 aliphatic heterocycles. The van der Waals surface area contributed by atoms with Gasteiger partial charge in [0.1, 0.15) is 11.5 Å². The molecule has 0 bridgehead atoms. The lowest BCUT2D eigenvalue weighted by molar-refractivity contribution is -0.140. The number of fused-ring (bicyclic) bond motifs is 1. The Labute approximate surface area is 195 Å². The number of nitrogens with zero attached hydrogens (tertiary/aromatic N) is 1. The number of aliphatic hydroxyl groups excluding tert-OH is 1. The highest BCUT2D eigenvalue weighted by Crippen LogP contribution is 2.41. The lowest BCUT2D eigenvalue weighted by Gasteiger charge is -2.25. The van der Waals surface area contributed by atoms with Crippen molar-refractivity contribution in [2.75, 3.05) is 7.11 Å². The first-order valence-corrected chi connectivity index (χ1v) is 11.4. The molecule has 1 saturated heterocycles. The van der Waals surface area contributed by atoms with Crippen LogP contribution in [-0.4, -0.2) is 28.8 Å². The zero-order valence-corrected chi connectivity index (χ0v) is 18.7. The topological polar surface area (TPSA) is 66.8 Å². The van der Waals surface area contributed by atoms with Crippen molar-refractivity contribution in [1.82, 2.24) is 4.90 Å². The molecule has 1 amide bonds. The van der Waals surface area contributed by atoms with Crippen LogP contribution in [0.5, 0.6) is 5.75 Å². The number of hydrogen-bond donors (Lipinski definition) is 1. The summed E-state index contributed by atoms with van der Waals surface area (Å²) in [5, 5.41) is 15.1. The number of carbonyl (C=O) groups excluding carboxylic acids is 2. The van der Waals surface area contributed by atoms with Gasteiger partial charge in [0.2, 0.25) is 0 Å². The van der Waals surface area contributed by atoms with Crippen LogP contribution in [0.4, 0.5) is 0 Å². The fourth-order valence-corrected chi connectivity index (χ4v) is 5.03. The molecule has 33 heavy (non-hydrogen) atoms. The van der Waals surface area contributed by atoms with Crippen molar-refractivity contribution in [3.63, 3.8) is 0 Å². The number of benzene rings is 3. The Morgan fingerprint density at radius 1 is 0.970 bits per heavy atom. The van der Waals surface area contributed by atoms with Crippen molar-refractivity contribution in [3.05, 3.63) is 106 Å². The molecule has 4 aromatic rings. The third-order valence-electron chi connectivity index (χ3n) is 5.92. The summed E-state index contributed by atoms with van der Waals surface area (Å²) in [7, 11) is 1.58. The van der Waals surface area contributed by atoms with Gasteiger partial charge in [0.25, 0.3) is 11.7 Å². The van der Waals surface area contributed by atoms with Crippen LogP contribution in [0.15, 0.2) is 89.8 Å². The van der Waals surface area contributed by atoms with E-state index in [1.807, 2.05) is 66.0 Å². The second-order valence-electron chi connectivity index (χ2n) is 7.81. The summed E-state index contributed by atoms with van der Waals surface area (Å²) in [4.78, 5) is 28.9. The van der Waals surface area contributed by atoms with E-state index in [0.717, 1.165) is 21.2 Å². The van der Waals surface area contributed by atoms with Gasteiger partial charge in [0.05, 0.1) is 25.3 Å². The summed E-state index contributed by atoms with van der Waals surface area (Å²) >= 11 is 1.52. The zero-order valence-electron chi connectivity index (χ0n) is 17.9. The Balaban J connectivity index is 1.70. The second-order valence-corrected chi connectivity index (χ2v) is 8.84. The average molecular weight is 456 g/mol. The minimum atomic E-state index is -0.711. The Morgan fingerprint density at radius 2 is 1.73 bits per heavy atom. The quantitative estimate of drug-likeness (QED) is 0.244. The maximum Gasteiger partial charge on any atom is 0.295 e. The van der Waals surface area contributed by atoms with Crippen LogP contribution >= 0.6 is 11.3 Å². The number of likely N-dealkylation sites (tertiary alicyclic amines) is 1. The maximum absolute atomic E-state index is 13.3. The first kappa shape index (κ1) is 21.0. The van der Waals surface area contributed by atoms with Crippen LogP contribution < -0.4 is 4.74 Å². The second kappa shape index (κ2) is 8.56. The molecule has 2 heterocycles. The van der Waals surface area contributed by atoms with Gasteiger partial charge in [-0.3, -0.25) is 9.59 Å². The molecule has 1 fully saturated rings. The normalized spacial score (nSPS) is 17.6. The molecule has 5 nitrogen and oxygen atoms in total. The predicted molar refractivity (Wildman–Crippen MR) is 129 cm³/mol. The van der Waals surface area contributed by atoms with E-state index in [1.165, 1.54) is 16.2 Å². The van der Waals surface area contributed by atoms with Gasteiger partial charge >= 0.3 is 0 Å². The van der Waals surface area contributed by atoms with Gasteiger partial charge < -0.3 is 14.7 Å². The number of hydrogen-bond acceptors (Lipinski definition) is 5. The summed E-state index contributed by atoms with van der Waals surface area (Å²) in [5.74, 6) is -0.800. The maximum atomic E-state index is 13.3. The monoisotopic (exact) mass is 455 g/mol. The molecule has 0 saturated carbocycles. The highest BCUT2D eigenvalue weighted by atomic mass is 32.1. The van der Waals surface area contributed by atoms with Crippen LogP contribution in [0.1, 0.15) is 22.0 Å². The number of Topliss-reactive ketones (excluding diaryl/α,β-unsaturated/α-hetero) is 1. The van der Waals surface area contributed by atoms with Crippen molar-refractivity contribution in [1.29, 1.82) is 0 Å². The molecule has 0 radical (unpaired) electrons. The third-order valence-corrected chi connectivity index (χ3v) is 6.78. The summed E-state index contributed by atoms with van der Waals surface area (Å²) < 4.78 is 5.27. The van der Waals surface area contributed by atoms with Gasteiger partial charge in [0, 0.05) is 10.4 Å². The van der Waals surface area contributed by atoms with Crippen LogP contribution in [0.2, 0.25) is 0 Å². The van der Waals surface area contributed by atoms with Crippen LogP contribution in [-0.2, 0) is 16.1 Å². The largest absolute Gasteiger partial charge is 0.507 e. The number of ether oxygens (including phenoxy) is 1. The molecule has 3 aromatic carbocycles. The van der Waals surface area contributed by atoms with E-state index in [0.29, 0.717) is 11.3 Å². The van der Waals surface area contributed by atoms with Crippen molar-refractivity contribution < 1.29 is 19.4 Å². The van der Waals surface area contributed by atoms with E-state index in [1.54, 1.807) is 25.3 Å². The van der Waals surface area contributed by atoms with E-state index in [-0.39, 0.29) is 17.9 Å². The standard InChI is InChI=1S/C27H21NO4S/c1-32-19-13-11-18(12-14-19)24-23(26(30)27(31)28(24)16-20-8-5-15-33-20)25(29)22-10-4-7-17-6-2-3-9-21(17)22/h2-15,24,29H,16H2,1H3/b25-23-. The van der Waals surface area contributed by atoms with Crippen molar-refractivity contribution in [2.24, 2.45) is 0 Å². The summed E-state index contributed by atoms with van der Waals surface area (Å²) in [6.07, 6.45) is 0. The van der Waals surface area contributed by atoms with E-state index < -0.39 is 17.7 Å². The Hall–Kier alpha value is -3.90. The number of thiophene rings is 1. The predicted octanol–water partition coefficient (Wildman–Crippen LogP) is 5.53. The van der Waals surface area contributed by atoms with Crippen molar-refractivity contribution in [2.45, 2.75) is 12.6 Å². The highest BCUT2D eigenvalue weighted by Gasteiger charge is 2.46. The Morgan fingerprint density at radius 3 is 2.45 bits per heavy atom. The third kappa shape index (κ3) is 3.68. The molecule has 1 aromatic heterocycles. The fourth-order valence-electron chi connectivity index (χ4n) is 4.32. The molecule has 0 aliphatic carbocycles. The molecular formula is C27H21NO4S. The molecule has 164 valence electrons. The molecule has 1 N–H and O–H groups in total. The smallest absolute Gasteiger partial charge is 0.295 e. The first-order chi connectivity index (χ1) is 16.1. The van der Waals surface area contributed by atoms with Crippen LogP contribution in [0, 0.1) is 0 Å². The van der Waals surface area contributed by atoms with E-state index in [4.69, 9.17) is 4.74 Å². The Bertz CT molecular complexity index is 1370. The van der Waals surface area contributed by atoms with Gasteiger partial charge in [-0.25, -0.2) is 0 Å². The summed E-state index contributed by atoms with van der Waals surface area (Å²) in [5.41, 5.74) is 1.35. The van der Waals surface area contributed by atoms with Crippen LogP contribution in [0.25, 0.3) is 16.5 Å². The number of ketones is 1. The van der Waals surface area contributed by atoms with Gasteiger partial charge in [-0.05, 0) is 39.9 Å². The minimum absolute atomic E-state index is 0.0954. The van der Waals surface area contributed by atoms with Crippen LogP contribution in [0.3, 0.4) is 0 Å². The first-order valence-electron chi connectivity index (χ1n) is 10.5.